The van der Waals surface area contributed by atoms with E-state index in [1.54, 1.807) is 11.6 Å². The minimum atomic E-state index is -0.534. The number of carbonyl (C=O) groups is 2. The lowest BCUT2D eigenvalue weighted by atomic mass is 9.93. The molecule has 2 aromatic heterocycles. The molecule has 1 fully saturated rings. The average Bonchev–Trinajstić information content (AvgIpc) is 3.30. The highest BCUT2D eigenvalue weighted by Crippen LogP contribution is 2.28. The molecule has 0 unspecified atom stereocenters. The zero-order chi connectivity index (χ0) is 17.4. The molecule has 0 atom stereocenters. The number of benzene rings is 1. The number of piperidine rings is 1. The Kier molecular flexibility index (Phi) is 3.96. The summed E-state index contributed by atoms with van der Waals surface area (Å²) in [4.78, 5) is 30.0. The zero-order valence-electron chi connectivity index (χ0n) is 13.4. The van der Waals surface area contributed by atoms with Gasteiger partial charge in [-0.2, -0.15) is 5.10 Å². The third-order valence-electron chi connectivity index (χ3n) is 4.65. The number of primary amides is 1. The van der Waals surface area contributed by atoms with Crippen LogP contribution in [0.5, 0.6) is 0 Å². The van der Waals surface area contributed by atoms with Gasteiger partial charge in [-0.1, -0.05) is 0 Å². The second-order valence-corrected chi connectivity index (χ2v) is 7.06. The third kappa shape index (κ3) is 3.00. The second kappa shape index (κ2) is 6.29. The molecule has 2 amide bonds. The van der Waals surface area contributed by atoms with Crippen LogP contribution in [-0.4, -0.2) is 45.0 Å². The van der Waals surface area contributed by atoms with Crippen molar-refractivity contribution in [2.45, 2.75) is 18.8 Å². The van der Waals surface area contributed by atoms with E-state index in [-0.39, 0.29) is 17.5 Å². The van der Waals surface area contributed by atoms with Crippen LogP contribution in [0.3, 0.4) is 0 Å². The molecule has 4 rings (SSSR count). The Balaban J connectivity index is 1.43. The maximum Gasteiger partial charge on any atom is 0.269 e. The van der Waals surface area contributed by atoms with E-state index in [0.29, 0.717) is 18.7 Å². The van der Waals surface area contributed by atoms with E-state index in [9.17, 15) is 9.59 Å². The van der Waals surface area contributed by atoms with Crippen LogP contribution in [0.4, 0.5) is 0 Å². The predicted octanol–water partition coefficient (Wildman–Crippen LogP) is 2.14. The zero-order valence-corrected chi connectivity index (χ0v) is 14.3. The van der Waals surface area contributed by atoms with Crippen LogP contribution in [0.2, 0.25) is 0 Å². The van der Waals surface area contributed by atoms with Gasteiger partial charge >= 0.3 is 0 Å². The number of nitrogens with zero attached hydrogens (tertiary/aromatic N) is 3. The van der Waals surface area contributed by atoms with Gasteiger partial charge in [0.15, 0.2) is 0 Å². The molecule has 8 heteroatoms. The Morgan fingerprint density at radius 3 is 2.76 bits per heavy atom. The molecule has 1 saturated heterocycles. The van der Waals surface area contributed by atoms with Crippen molar-refractivity contribution < 1.29 is 9.59 Å². The first kappa shape index (κ1) is 15.8. The number of H-pyrrole nitrogens is 1. The summed E-state index contributed by atoms with van der Waals surface area (Å²) >= 11 is 1.54. The van der Waals surface area contributed by atoms with Crippen LogP contribution in [-0.2, 0) is 0 Å². The monoisotopic (exact) mass is 355 g/mol. The molecule has 3 aromatic rings. The van der Waals surface area contributed by atoms with Gasteiger partial charge in [0.05, 0.1) is 15.7 Å². The molecule has 3 heterocycles. The molecule has 0 radical (unpaired) electrons. The molecule has 1 aliphatic rings. The summed E-state index contributed by atoms with van der Waals surface area (Å²) < 4.78 is 1.03. The van der Waals surface area contributed by atoms with Gasteiger partial charge in [-0.05, 0) is 37.1 Å². The summed E-state index contributed by atoms with van der Waals surface area (Å²) in [5.74, 6) is -0.224. The third-order valence-corrected chi connectivity index (χ3v) is 5.44. The summed E-state index contributed by atoms with van der Waals surface area (Å²) in [7, 11) is 0. The van der Waals surface area contributed by atoms with Gasteiger partial charge in [0.2, 0.25) is 0 Å². The molecule has 0 aliphatic carbocycles. The number of thiazole rings is 1. The van der Waals surface area contributed by atoms with E-state index in [0.717, 1.165) is 28.8 Å². The number of hydrogen-bond acceptors (Lipinski definition) is 5. The van der Waals surface area contributed by atoms with Crippen LogP contribution in [0.15, 0.2) is 29.8 Å². The molecule has 0 saturated carbocycles. The minimum absolute atomic E-state index is 0.0520. The molecule has 1 aliphatic heterocycles. The normalized spacial score (nSPS) is 15.6. The molecule has 0 bridgehead atoms. The van der Waals surface area contributed by atoms with Gasteiger partial charge in [-0.15, -0.1) is 11.3 Å². The second-order valence-electron chi connectivity index (χ2n) is 6.17. The fraction of sp³-hybridized carbons (Fsp3) is 0.294. The summed E-state index contributed by atoms with van der Waals surface area (Å²) in [5, 5.41) is 6.82. The van der Waals surface area contributed by atoms with Gasteiger partial charge < -0.3 is 10.6 Å². The first-order valence-electron chi connectivity index (χ1n) is 8.09. The first-order chi connectivity index (χ1) is 12.1. The highest BCUT2D eigenvalue weighted by molar-refractivity contribution is 7.16. The van der Waals surface area contributed by atoms with Gasteiger partial charge in [0.25, 0.3) is 11.8 Å². The number of fused-ring (bicyclic) bond motifs is 1. The van der Waals surface area contributed by atoms with Gasteiger partial charge in [0, 0.05) is 30.3 Å². The lowest BCUT2D eigenvalue weighted by molar-refractivity contribution is 0.0712. The molecule has 25 heavy (non-hydrogen) atoms. The van der Waals surface area contributed by atoms with Gasteiger partial charge in [0.1, 0.15) is 5.69 Å². The van der Waals surface area contributed by atoms with E-state index in [1.165, 1.54) is 11.3 Å². The molecular formula is C17H17N5O2S. The predicted molar refractivity (Wildman–Crippen MR) is 94.6 cm³/mol. The first-order valence-corrected chi connectivity index (χ1v) is 8.97. The quantitative estimate of drug-likeness (QED) is 0.751. The molecular weight excluding hydrogens is 338 g/mol. The summed E-state index contributed by atoms with van der Waals surface area (Å²) in [6.45, 7) is 1.35. The number of amides is 2. The van der Waals surface area contributed by atoms with Crippen molar-refractivity contribution >= 4 is 33.4 Å². The number of rotatable bonds is 3. The van der Waals surface area contributed by atoms with E-state index in [1.807, 2.05) is 23.1 Å². The largest absolute Gasteiger partial charge is 0.364 e. The molecule has 128 valence electrons. The van der Waals surface area contributed by atoms with Crippen LogP contribution in [0.25, 0.3) is 10.2 Å². The van der Waals surface area contributed by atoms with Crippen molar-refractivity contribution in [1.29, 1.82) is 0 Å². The van der Waals surface area contributed by atoms with E-state index in [2.05, 4.69) is 15.2 Å². The fourth-order valence-electron chi connectivity index (χ4n) is 3.24. The molecule has 3 N–H and O–H groups in total. The summed E-state index contributed by atoms with van der Waals surface area (Å²) in [5.41, 5.74) is 9.81. The Bertz CT molecular complexity index is 939. The highest BCUT2D eigenvalue weighted by Gasteiger charge is 2.26. The van der Waals surface area contributed by atoms with Crippen molar-refractivity contribution in [3.05, 3.63) is 46.7 Å². The van der Waals surface area contributed by atoms with Crippen molar-refractivity contribution in [2.24, 2.45) is 5.73 Å². The number of aromatic amines is 1. The standard InChI is InChI=1S/C17H17N5O2S/c18-16(23)14-8-13(20-21-14)10-3-5-22(6-4-10)17(24)11-1-2-12-15(7-11)25-9-19-12/h1-2,7-10H,3-6H2,(H2,18,23)(H,20,21). The Labute approximate surface area is 147 Å². The Hall–Kier alpha value is -2.74. The van der Waals surface area contributed by atoms with Crippen LogP contribution < -0.4 is 5.73 Å². The molecule has 1 aromatic carbocycles. The van der Waals surface area contributed by atoms with Crippen molar-refractivity contribution in [1.82, 2.24) is 20.1 Å². The van der Waals surface area contributed by atoms with Crippen LogP contribution in [0.1, 0.15) is 45.3 Å². The topological polar surface area (TPSA) is 105 Å². The maximum atomic E-state index is 12.7. The summed E-state index contributed by atoms with van der Waals surface area (Å²) in [6, 6.07) is 7.35. The van der Waals surface area contributed by atoms with E-state index < -0.39 is 5.91 Å². The molecule has 7 nitrogen and oxygen atoms in total. The number of hydrogen-bond donors (Lipinski definition) is 2. The number of nitrogens with one attached hydrogen (secondary N) is 1. The van der Waals surface area contributed by atoms with Gasteiger partial charge in [-0.3, -0.25) is 14.7 Å². The van der Waals surface area contributed by atoms with Crippen LogP contribution in [0, 0.1) is 0 Å². The van der Waals surface area contributed by atoms with Crippen molar-refractivity contribution in [3.63, 3.8) is 0 Å². The fourth-order valence-corrected chi connectivity index (χ4v) is 3.95. The number of likely N-dealkylation sites (tertiary alicyclic amines) is 1. The van der Waals surface area contributed by atoms with E-state index in [4.69, 9.17) is 5.73 Å². The highest BCUT2D eigenvalue weighted by atomic mass is 32.1. The maximum absolute atomic E-state index is 12.7. The summed E-state index contributed by atoms with van der Waals surface area (Å²) in [6.07, 6.45) is 1.66. The van der Waals surface area contributed by atoms with E-state index >= 15 is 0 Å². The number of nitrogens with two attached hydrogens (primary N) is 1. The Morgan fingerprint density at radius 1 is 1.24 bits per heavy atom. The Morgan fingerprint density at radius 2 is 2.04 bits per heavy atom. The smallest absolute Gasteiger partial charge is 0.269 e. The number of carbonyl (C=O) groups excluding carboxylic acids is 2. The van der Waals surface area contributed by atoms with Gasteiger partial charge in [-0.25, -0.2) is 4.98 Å². The lowest BCUT2D eigenvalue weighted by Gasteiger charge is -2.31. The van der Waals surface area contributed by atoms with Crippen molar-refractivity contribution in [3.8, 4) is 0 Å². The lowest BCUT2D eigenvalue weighted by Crippen LogP contribution is -2.38. The SMILES string of the molecule is NC(=O)c1cc(C2CCN(C(=O)c3ccc4ncsc4c3)CC2)[nH]n1. The average molecular weight is 355 g/mol. The van der Waals surface area contributed by atoms with Crippen LogP contribution >= 0.6 is 11.3 Å². The number of aromatic nitrogens is 3. The molecule has 0 spiro atoms. The minimum Gasteiger partial charge on any atom is -0.364 e. The van der Waals surface area contributed by atoms with Crippen molar-refractivity contribution in [2.75, 3.05) is 13.1 Å².